The number of likely N-dealkylation sites (tertiary alicyclic amines) is 1. The number of fused-ring (bicyclic) bond motifs is 1. The van der Waals surface area contributed by atoms with Gasteiger partial charge in [0.1, 0.15) is 0 Å². The van der Waals surface area contributed by atoms with Gasteiger partial charge >= 0.3 is 0 Å². The molecular weight excluding hydrogens is 260 g/mol. The lowest BCUT2D eigenvalue weighted by Crippen LogP contribution is -2.36. The largest absolute Gasteiger partial charge is 0.307 e. The van der Waals surface area contributed by atoms with Crippen molar-refractivity contribution in [3.8, 4) is 0 Å². The monoisotopic (exact) mass is 290 g/mol. The summed E-state index contributed by atoms with van der Waals surface area (Å²) < 4.78 is 2.07. The van der Waals surface area contributed by atoms with Gasteiger partial charge in [-0.05, 0) is 65.5 Å². The lowest BCUT2D eigenvalue weighted by Gasteiger charge is -2.29. The van der Waals surface area contributed by atoms with Crippen LogP contribution in [0.3, 0.4) is 0 Å². The minimum atomic E-state index is 0.526. The van der Waals surface area contributed by atoms with Gasteiger partial charge in [0.2, 0.25) is 0 Å². The van der Waals surface area contributed by atoms with E-state index in [1.54, 1.807) is 0 Å². The summed E-state index contributed by atoms with van der Waals surface area (Å²) in [5.74, 6) is 0. The second-order valence-corrected chi connectivity index (χ2v) is 7.04. The molecule has 0 saturated carbocycles. The predicted molar refractivity (Wildman–Crippen MR) is 86.4 cm³/mol. The Bertz CT molecular complexity index is 465. The molecule has 1 fully saturated rings. The average molecular weight is 290 g/mol. The highest BCUT2D eigenvalue weighted by atomic mass is 15.3. The van der Waals surface area contributed by atoms with Gasteiger partial charge in [-0.25, -0.2) is 0 Å². The molecule has 118 valence electrons. The van der Waals surface area contributed by atoms with Crippen LogP contribution in [0.2, 0.25) is 0 Å². The van der Waals surface area contributed by atoms with E-state index in [9.17, 15) is 0 Å². The molecule has 0 bridgehead atoms. The van der Waals surface area contributed by atoms with E-state index in [-0.39, 0.29) is 0 Å². The number of hydrogen-bond donors (Lipinski definition) is 1. The number of nitrogens with one attached hydrogen (secondary N) is 1. The maximum absolute atomic E-state index is 4.46. The fourth-order valence-electron chi connectivity index (χ4n) is 3.97. The highest BCUT2D eigenvalue weighted by Gasteiger charge is 2.26. The summed E-state index contributed by atoms with van der Waals surface area (Å²) in [4.78, 5) is 2.62. The van der Waals surface area contributed by atoms with Gasteiger partial charge < -0.3 is 10.2 Å². The Morgan fingerprint density at radius 1 is 1.19 bits per heavy atom. The molecule has 4 nitrogen and oxygen atoms in total. The Hall–Kier alpha value is -0.870. The molecule has 0 spiro atoms. The number of nitrogens with zero attached hydrogens (tertiary/aromatic N) is 3. The normalized spacial score (nSPS) is 27.6. The second kappa shape index (κ2) is 6.49. The molecule has 2 unspecified atom stereocenters. The Labute approximate surface area is 128 Å². The molecule has 4 heteroatoms. The van der Waals surface area contributed by atoms with Crippen molar-refractivity contribution in [1.29, 1.82) is 0 Å². The third-order valence-corrected chi connectivity index (χ3v) is 5.31. The van der Waals surface area contributed by atoms with Crippen molar-refractivity contribution in [2.45, 2.75) is 70.5 Å². The summed E-state index contributed by atoms with van der Waals surface area (Å²) in [6.45, 7) is 7.13. The SMILES string of the molecule is CC(C)N1CCCC(NC2CCCc3c2cnn3C)CC1. The zero-order chi connectivity index (χ0) is 14.8. The molecule has 0 aromatic carbocycles. The van der Waals surface area contributed by atoms with Crippen LogP contribution in [0, 0.1) is 0 Å². The van der Waals surface area contributed by atoms with Gasteiger partial charge in [-0.1, -0.05) is 0 Å². The fraction of sp³-hybridized carbons (Fsp3) is 0.824. The number of aromatic nitrogens is 2. The Kier molecular flexibility index (Phi) is 4.65. The van der Waals surface area contributed by atoms with E-state index >= 15 is 0 Å². The van der Waals surface area contributed by atoms with Crippen molar-refractivity contribution in [2.24, 2.45) is 7.05 Å². The van der Waals surface area contributed by atoms with Crippen LogP contribution in [0.1, 0.15) is 63.3 Å². The lowest BCUT2D eigenvalue weighted by molar-refractivity contribution is 0.228. The van der Waals surface area contributed by atoms with Crippen LogP contribution in [-0.4, -0.2) is 39.9 Å². The van der Waals surface area contributed by atoms with Gasteiger partial charge in [-0.15, -0.1) is 0 Å². The van der Waals surface area contributed by atoms with Crippen LogP contribution >= 0.6 is 0 Å². The van der Waals surface area contributed by atoms with Crippen LogP contribution in [0.4, 0.5) is 0 Å². The van der Waals surface area contributed by atoms with Gasteiger partial charge in [0.15, 0.2) is 0 Å². The third-order valence-electron chi connectivity index (χ3n) is 5.31. The van der Waals surface area contributed by atoms with E-state index < -0.39 is 0 Å². The molecule has 1 aromatic heterocycles. The maximum Gasteiger partial charge on any atom is 0.0540 e. The van der Waals surface area contributed by atoms with Gasteiger partial charge in [0, 0.05) is 36.4 Å². The van der Waals surface area contributed by atoms with Crippen molar-refractivity contribution in [2.75, 3.05) is 13.1 Å². The van der Waals surface area contributed by atoms with E-state index in [4.69, 9.17) is 0 Å². The lowest BCUT2D eigenvalue weighted by atomic mass is 9.92. The first-order valence-corrected chi connectivity index (χ1v) is 8.66. The summed E-state index contributed by atoms with van der Waals surface area (Å²) >= 11 is 0. The molecular formula is C17H30N4. The molecule has 0 radical (unpaired) electrons. The molecule has 2 atom stereocenters. The summed E-state index contributed by atoms with van der Waals surface area (Å²) in [6, 6.07) is 1.88. The van der Waals surface area contributed by atoms with Crippen molar-refractivity contribution in [3.63, 3.8) is 0 Å². The molecule has 2 aliphatic rings. The molecule has 3 rings (SSSR count). The minimum absolute atomic E-state index is 0.526. The van der Waals surface area contributed by atoms with Crippen LogP contribution in [0.5, 0.6) is 0 Å². The smallest absolute Gasteiger partial charge is 0.0540 e. The summed E-state index contributed by atoms with van der Waals surface area (Å²) in [6.07, 6.45) is 9.75. The van der Waals surface area contributed by atoms with E-state index in [1.807, 2.05) is 0 Å². The summed E-state index contributed by atoms with van der Waals surface area (Å²) in [7, 11) is 2.08. The van der Waals surface area contributed by atoms with Gasteiger partial charge in [-0.2, -0.15) is 5.10 Å². The van der Waals surface area contributed by atoms with Crippen molar-refractivity contribution in [3.05, 3.63) is 17.5 Å². The fourth-order valence-corrected chi connectivity index (χ4v) is 3.97. The highest BCUT2D eigenvalue weighted by Crippen LogP contribution is 2.30. The van der Waals surface area contributed by atoms with Crippen LogP contribution in [0.25, 0.3) is 0 Å². The number of hydrogen-bond acceptors (Lipinski definition) is 3. The topological polar surface area (TPSA) is 33.1 Å². The van der Waals surface area contributed by atoms with E-state index in [0.717, 1.165) is 0 Å². The molecule has 1 aromatic rings. The van der Waals surface area contributed by atoms with E-state index in [0.29, 0.717) is 18.1 Å². The van der Waals surface area contributed by atoms with Crippen molar-refractivity contribution in [1.82, 2.24) is 20.0 Å². The average Bonchev–Trinajstić information content (AvgIpc) is 2.71. The molecule has 1 N–H and O–H groups in total. The molecule has 0 amide bonds. The first-order valence-electron chi connectivity index (χ1n) is 8.66. The van der Waals surface area contributed by atoms with E-state index in [2.05, 4.69) is 47.1 Å². The van der Waals surface area contributed by atoms with Crippen LogP contribution in [-0.2, 0) is 13.5 Å². The maximum atomic E-state index is 4.46. The Morgan fingerprint density at radius 2 is 2.05 bits per heavy atom. The van der Waals surface area contributed by atoms with Crippen LogP contribution in [0.15, 0.2) is 6.20 Å². The number of aryl methyl sites for hydroxylation is 1. The van der Waals surface area contributed by atoms with Crippen molar-refractivity contribution < 1.29 is 0 Å². The molecule has 1 saturated heterocycles. The Balaban J connectivity index is 1.62. The van der Waals surface area contributed by atoms with Crippen molar-refractivity contribution >= 4 is 0 Å². The standard InChI is InChI=1S/C17H30N4/c1-13(2)21-10-5-6-14(9-11-21)19-16-7-4-8-17-15(16)12-18-20(17)3/h12-14,16,19H,4-11H2,1-3H3. The third kappa shape index (κ3) is 3.32. The molecule has 2 heterocycles. The zero-order valence-corrected chi connectivity index (χ0v) is 13.8. The van der Waals surface area contributed by atoms with E-state index in [1.165, 1.54) is 62.9 Å². The molecule has 1 aliphatic carbocycles. The zero-order valence-electron chi connectivity index (χ0n) is 13.8. The highest BCUT2D eigenvalue weighted by molar-refractivity contribution is 5.24. The first kappa shape index (κ1) is 15.0. The van der Waals surface area contributed by atoms with Gasteiger partial charge in [0.25, 0.3) is 0 Å². The molecule has 1 aliphatic heterocycles. The summed E-state index contributed by atoms with van der Waals surface area (Å²) in [5.41, 5.74) is 2.89. The minimum Gasteiger partial charge on any atom is -0.307 e. The Morgan fingerprint density at radius 3 is 2.86 bits per heavy atom. The van der Waals surface area contributed by atoms with Gasteiger partial charge in [-0.3, -0.25) is 4.68 Å². The van der Waals surface area contributed by atoms with Gasteiger partial charge in [0.05, 0.1) is 6.20 Å². The summed E-state index contributed by atoms with van der Waals surface area (Å²) in [5, 5.41) is 8.41. The first-order chi connectivity index (χ1) is 10.1. The molecule has 21 heavy (non-hydrogen) atoms. The quantitative estimate of drug-likeness (QED) is 0.929. The second-order valence-electron chi connectivity index (χ2n) is 7.04. The predicted octanol–water partition coefficient (Wildman–Crippen LogP) is 2.65. The van der Waals surface area contributed by atoms with Crippen LogP contribution < -0.4 is 5.32 Å². The number of rotatable bonds is 3.